The molecule has 1 aromatic rings. The highest BCUT2D eigenvalue weighted by molar-refractivity contribution is 5.52. The van der Waals surface area contributed by atoms with Gasteiger partial charge in [0.2, 0.25) is 0 Å². The highest BCUT2D eigenvalue weighted by Crippen LogP contribution is 2.39. The fourth-order valence-corrected chi connectivity index (χ4v) is 3.75. The van der Waals surface area contributed by atoms with Crippen molar-refractivity contribution in [3.8, 4) is 0 Å². The molecule has 0 spiro atoms. The lowest BCUT2D eigenvalue weighted by Crippen LogP contribution is -2.24. The van der Waals surface area contributed by atoms with Gasteiger partial charge in [-0.1, -0.05) is 86.1 Å². The van der Waals surface area contributed by atoms with E-state index >= 15 is 0 Å². The van der Waals surface area contributed by atoms with E-state index < -0.39 is 0 Å². The lowest BCUT2D eigenvalue weighted by Gasteiger charge is -2.33. The molecule has 176 valence electrons. The van der Waals surface area contributed by atoms with Crippen molar-refractivity contribution in [2.24, 2.45) is 16.2 Å². The van der Waals surface area contributed by atoms with E-state index in [4.69, 9.17) is 0 Å². The highest BCUT2D eigenvalue weighted by Gasteiger charge is 2.28. The van der Waals surface area contributed by atoms with E-state index in [0.717, 1.165) is 19.3 Å². The summed E-state index contributed by atoms with van der Waals surface area (Å²) in [5, 5.41) is 0. The number of nitrogens with zero attached hydrogens (tertiary/aromatic N) is 1. The summed E-state index contributed by atoms with van der Waals surface area (Å²) < 4.78 is 0. The molecule has 0 aliphatic rings. The van der Waals surface area contributed by atoms with E-state index in [-0.39, 0.29) is 16.2 Å². The SMILES string of the molecule is C=CC(C)(C)CCC(C)(C)/C(C)=C\N(C)c1cccc(C(C)(CC)CCC(C)(C)C)c1. The standard InChI is InChI=1S/C30H51N/c1-13-28(7,8)19-20-29(9,10)24(3)23-31(12)26-17-15-16-25(22-26)30(11,14-2)21-18-27(4,5)6/h13,15-17,22-23H,1,14,18-21H2,2-12H3/b24-23-. The molecule has 0 fully saturated rings. The van der Waals surface area contributed by atoms with Gasteiger partial charge in [-0.25, -0.2) is 0 Å². The second kappa shape index (κ2) is 10.4. The van der Waals surface area contributed by atoms with Gasteiger partial charge in [0, 0.05) is 18.9 Å². The fourth-order valence-electron chi connectivity index (χ4n) is 3.75. The Bertz CT molecular complexity index is 744. The minimum atomic E-state index is 0.163. The Labute approximate surface area is 195 Å². The normalized spacial score (nSPS) is 15.5. The van der Waals surface area contributed by atoms with Crippen molar-refractivity contribution in [1.29, 1.82) is 0 Å². The van der Waals surface area contributed by atoms with Gasteiger partial charge in [-0.2, -0.15) is 0 Å². The summed E-state index contributed by atoms with van der Waals surface area (Å²) in [6.45, 7) is 27.4. The first-order valence-corrected chi connectivity index (χ1v) is 12.2. The number of allylic oxidation sites excluding steroid dienone is 2. The lowest BCUT2D eigenvalue weighted by molar-refractivity contribution is 0.297. The maximum absolute atomic E-state index is 4.00. The second-order valence-electron chi connectivity index (χ2n) is 12.5. The maximum atomic E-state index is 4.00. The quantitative estimate of drug-likeness (QED) is 0.319. The molecule has 0 heterocycles. The molecule has 0 bridgehead atoms. The number of hydrogen-bond donors (Lipinski definition) is 0. The van der Waals surface area contributed by atoms with Crippen LogP contribution in [0.5, 0.6) is 0 Å². The Morgan fingerprint density at radius 2 is 1.55 bits per heavy atom. The highest BCUT2D eigenvalue weighted by atomic mass is 15.1. The largest absolute Gasteiger partial charge is 0.351 e. The van der Waals surface area contributed by atoms with Gasteiger partial charge >= 0.3 is 0 Å². The first-order chi connectivity index (χ1) is 14.1. The molecule has 0 aromatic heterocycles. The molecule has 1 aromatic carbocycles. The van der Waals surface area contributed by atoms with Crippen molar-refractivity contribution in [1.82, 2.24) is 0 Å². The van der Waals surface area contributed by atoms with Crippen LogP contribution < -0.4 is 4.90 Å². The van der Waals surface area contributed by atoms with E-state index in [1.165, 1.54) is 29.7 Å². The Hall–Kier alpha value is -1.50. The molecule has 0 radical (unpaired) electrons. The number of hydrogen-bond acceptors (Lipinski definition) is 1. The summed E-state index contributed by atoms with van der Waals surface area (Å²) in [5.74, 6) is 0. The maximum Gasteiger partial charge on any atom is 0.0406 e. The monoisotopic (exact) mass is 425 g/mol. The van der Waals surface area contributed by atoms with Crippen LogP contribution in [0.2, 0.25) is 0 Å². The molecule has 31 heavy (non-hydrogen) atoms. The van der Waals surface area contributed by atoms with Gasteiger partial charge in [0.1, 0.15) is 0 Å². The molecule has 0 amide bonds. The topological polar surface area (TPSA) is 3.24 Å². The molecule has 0 aliphatic carbocycles. The third-order valence-electron chi connectivity index (χ3n) is 7.56. The molecule has 1 rings (SSSR count). The van der Waals surface area contributed by atoms with Crippen molar-refractivity contribution in [3.05, 3.63) is 54.3 Å². The molecule has 1 heteroatoms. The molecule has 0 aliphatic heterocycles. The Balaban J connectivity index is 3.06. The summed E-state index contributed by atoms with van der Waals surface area (Å²) >= 11 is 0. The van der Waals surface area contributed by atoms with E-state index in [1.54, 1.807) is 0 Å². The Morgan fingerprint density at radius 3 is 2.06 bits per heavy atom. The average molecular weight is 426 g/mol. The van der Waals surface area contributed by atoms with E-state index in [9.17, 15) is 0 Å². The van der Waals surface area contributed by atoms with Crippen molar-refractivity contribution >= 4 is 5.69 Å². The first kappa shape index (κ1) is 27.5. The van der Waals surface area contributed by atoms with Crippen molar-refractivity contribution in [3.63, 3.8) is 0 Å². The summed E-state index contributed by atoms with van der Waals surface area (Å²) in [5.41, 5.74) is 5.10. The van der Waals surface area contributed by atoms with Gasteiger partial charge < -0.3 is 4.90 Å². The third-order valence-corrected chi connectivity index (χ3v) is 7.56. The van der Waals surface area contributed by atoms with Gasteiger partial charge in [0.15, 0.2) is 0 Å². The third kappa shape index (κ3) is 8.51. The van der Waals surface area contributed by atoms with Crippen LogP contribution in [0.25, 0.3) is 0 Å². The predicted molar refractivity (Wildman–Crippen MR) is 142 cm³/mol. The number of benzene rings is 1. The van der Waals surface area contributed by atoms with Crippen molar-refractivity contribution in [2.45, 2.75) is 107 Å². The Kier molecular flexibility index (Phi) is 9.25. The molecule has 1 unspecified atom stereocenters. The minimum absolute atomic E-state index is 0.163. The lowest BCUT2D eigenvalue weighted by atomic mass is 9.73. The molecular weight excluding hydrogens is 374 g/mol. The zero-order valence-corrected chi connectivity index (χ0v) is 22.7. The fraction of sp³-hybridized carbons (Fsp3) is 0.667. The molecule has 1 nitrogen and oxygen atoms in total. The van der Waals surface area contributed by atoms with Gasteiger partial charge in [0.05, 0.1) is 0 Å². The van der Waals surface area contributed by atoms with Crippen molar-refractivity contribution < 1.29 is 0 Å². The number of anilines is 1. The molecule has 0 N–H and O–H groups in total. The van der Waals surface area contributed by atoms with Crippen LogP contribution in [0.15, 0.2) is 48.7 Å². The van der Waals surface area contributed by atoms with Crippen LogP contribution in [0, 0.1) is 16.2 Å². The van der Waals surface area contributed by atoms with E-state index in [2.05, 4.69) is 124 Å². The predicted octanol–water partition coefficient (Wildman–Crippen LogP) is 9.54. The van der Waals surface area contributed by atoms with E-state index in [1.807, 2.05) is 0 Å². The van der Waals surface area contributed by atoms with Gasteiger partial charge in [-0.3, -0.25) is 0 Å². The molecular formula is C30H51N. The van der Waals surface area contributed by atoms with Crippen molar-refractivity contribution in [2.75, 3.05) is 11.9 Å². The van der Waals surface area contributed by atoms with E-state index in [0.29, 0.717) is 5.41 Å². The van der Waals surface area contributed by atoms with Gasteiger partial charge in [-0.05, 0) is 78.4 Å². The van der Waals surface area contributed by atoms with Crippen LogP contribution in [0.4, 0.5) is 5.69 Å². The van der Waals surface area contributed by atoms with Crippen LogP contribution in [0.3, 0.4) is 0 Å². The molecule has 1 atom stereocenters. The summed E-state index contributed by atoms with van der Waals surface area (Å²) in [6, 6.07) is 9.19. The second-order valence-corrected chi connectivity index (χ2v) is 12.5. The van der Waals surface area contributed by atoms with Crippen LogP contribution >= 0.6 is 0 Å². The summed E-state index contributed by atoms with van der Waals surface area (Å²) in [4.78, 5) is 2.30. The average Bonchev–Trinajstić information content (AvgIpc) is 2.70. The molecule has 0 saturated heterocycles. The molecule has 0 saturated carbocycles. The van der Waals surface area contributed by atoms with Gasteiger partial charge in [0.25, 0.3) is 0 Å². The number of rotatable bonds is 11. The van der Waals surface area contributed by atoms with Crippen LogP contribution in [-0.4, -0.2) is 7.05 Å². The minimum Gasteiger partial charge on any atom is -0.351 e. The Morgan fingerprint density at radius 1 is 0.935 bits per heavy atom. The smallest absolute Gasteiger partial charge is 0.0406 e. The van der Waals surface area contributed by atoms with Gasteiger partial charge in [-0.15, -0.1) is 6.58 Å². The van der Waals surface area contributed by atoms with Crippen LogP contribution in [0.1, 0.15) is 107 Å². The summed E-state index contributed by atoms with van der Waals surface area (Å²) in [7, 11) is 2.19. The first-order valence-electron chi connectivity index (χ1n) is 12.2. The zero-order chi connectivity index (χ0) is 24.1. The van der Waals surface area contributed by atoms with Crippen LogP contribution in [-0.2, 0) is 5.41 Å². The summed E-state index contributed by atoms with van der Waals surface area (Å²) in [6.07, 6.45) is 10.4. The zero-order valence-electron chi connectivity index (χ0n) is 22.7.